The monoisotopic (exact) mass is 251 g/mol. The van der Waals surface area contributed by atoms with Gasteiger partial charge in [-0.1, -0.05) is 0 Å². The van der Waals surface area contributed by atoms with Crippen LogP contribution in [0.25, 0.3) is 0 Å². The van der Waals surface area contributed by atoms with Crippen molar-refractivity contribution < 1.29 is 13.9 Å². The third-order valence-electron chi connectivity index (χ3n) is 3.57. The lowest BCUT2D eigenvalue weighted by molar-refractivity contribution is -0.0000327. The molecule has 0 amide bonds. The summed E-state index contributed by atoms with van der Waals surface area (Å²) in [7, 11) is 0. The summed E-state index contributed by atoms with van der Waals surface area (Å²) in [6.07, 6.45) is 3.12. The smallest absolute Gasteiger partial charge is 0.127 e. The number of hydrogen-bond acceptors (Lipinski definition) is 3. The van der Waals surface area contributed by atoms with Crippen molar-refractivity contribution in [1.82, 2.24) is 5.32 Å². The standard InChI is InChI=1S/C14H18FNO2/c15-11-6-10-2-1-3-13(10)14(7-11)18-9-12-8-16-4-5-17-12/h6-7,12,16H,1-5,8-9H2. The van der Waals surface area contributed by atoms with Gasteiger partial charge >= 0.3 is 0 Å². The van der Waals surface area contributed by atoms with Gasteiger partial charge in [0.25, 0.3) is 0 Å². The third kappa shape index (κ3) is 2.49. The highest BCUT2D eigenvalue weighted by Crippen LogP contribution is 2.31. The molecule has 1 heterocycles. The first-order valence-electron chi connectivity index (χ1n) is 6.59. The van der Waals surface area contributed by atoms with Crippen LogP contribution in [0.3, 0.4) is 0 Å². The molecule has 0 spiro atoms. The van der Waals surface area contributed by atoms with E-state index in [-0.39, 0.29) is 11.9 Å². The molecule has 1 N–H and O–H groups in total. The van der Waals surface area contributed by atoms with E-state index in [4.69, 9.17) is 9.47 Å². The van der Waals surface area contributed by atoms with Gasteiger partial charge in [0.15, 0.2) is 0 Å². The first kappa shape index (κ1) is 11.9. The minimum absolute atomic E-state index is 0.0686. The normalized spacial score (nSPS) is 22.8. The van der Waals surface area contributed by atoms with E-state index in [2.05, 4.69) is 5.32 Å². The zero-order chi connectivity index (χ0) is 12.4. The maximum atomic E-state index is 13.5. The molecule has 0 saturated carbocycles. The van der Waals surface area contributed by atoms with Crippen LogP contribution in [0.5, 0.6) is 5.75 Å². The molecule has 4 heteroatoms. The number of ether oxygens (including phenoxy) is 2. The Balaban J connectivity index is 1.68. The molecule has 1 atom stereocenters. The van der Waals surface area contributed by atoms with Crippen molar-refractivity contribution >= 4 is 0 Å². The van der Waals surface area contributed by atoms with Crippen LogP contribution >= 0.6 is 0 Å². The van der Waals surface area contributed by atoms with Gasteiger partial charge in [0, 0.05) is 19.2 Å². The summed E-state index contributed by atoms with van der Waals surface area (Å²) in [6, 6.07) is 3.13. The Kier molecular flexibility index (Phi) is 3.48. The lowest BCUT2D eigenvalue weighted by Crippen LogP contribution is -2.41. The van der Waals surface area contributed by atoms with Gasteiger partial charge in [-0.3, -0.25) is 0 Å². The molecule has 3 rings (SSSR count). The maximum absolute atomic E-state index is 13.5. The minimum atomic E-state index is -0.201. The molecule has 0 bridgehead atoms. The van der Waals surface area contributed by atoms with Crippen molar-refractivity contribution in [3.8, 4) is 5.75 Å². The molecule has 18 heavy (non-hydrogen) atoms. The zero-order valence-electron chi connectivity index (χ0n) is 10.4. The number of fused-ring (bicyclic) bond motifs is 1. The number of halogens is 1. The summed E-state index contributed by atoms with van der Waals surface area (Å²) in [6.45, 7) is 2.90. The molecule has 0 radical (unpaired) electrons. The molecule has 1 saturated heterocycles. The van der Waals surface area contributed by atoms with E-state index in [1.807, 2.05) is 0 Å². The maximum Gasteiger partial charge on any atom is 0.127 e. The number of rotatable bonds is 3. The van der Waals surface area contributed by atoms with E-state index < -0.39 is 0 Å². The summed E-state index contributed by atoms with van der Waals surface area (Å²) in [4.78, 5) is 0. The third-order valence-corrected chi connectivity index (χ3v) is 3.57. The van der Waals surface area contributed by atoms with Gasteiger partial charge < -0.3 is 14.8 Å². The van der Waals surface area contributed by atoms with Crippen molar-refractivity contribution in [2.75, 3.05) is 26.3 Å². The summed E-state index contributed by atoms with van der Waals surface area (Å²) in [5, 5.41) is 3.26. The van der Waals surface area contributed by atoms with Gasteiger partial charge in [-0.05, 0) is 36.5 Å². The first-order valence-corrected chi connectivity index (χ1v) is 6.59. The van der Waals surface area contributed by atoms with Crippen LogP contribution in [0.4, 0.5) is 4.39 Å². The van der Waals surface area contributed by atoms with Crippen molar-refractivity contribution in [3.63, 3.8) is 0 Å². The van der Waals surface area contributed by atoms with Crippen LogP contribution in [-0.2, 0) is 17.6 Å². The Bertz CT molecular complexity index is 430. The van der Waals surface area contributed by atoms with E-state index >= 15 is 0 Å². The molecule has 1 fully saturated rings. The van der Waals surface area contributed by atoms with Gasteiger partial charge in [-0.25, -0.2) is 4.39 Å². The van der Waals surface area contributed by atoms with Crippen LogP contribution in [0.2, 0.25) is 0 Å². The second kappa shape index (κ2) is 5.24. The molecule has 1 aromatic rings. The predicted octanol–water partition coefficient (Wildman–Crippen LogP) is 1.68. The Morgan fingerprint density at radius 2 is 2.33 bits per heavy atom. The molecule has 1 aromatic carbocycles. The van der Waals surface area contributed by atoms with Gasteiger partial charge in [0.1, 0.15) is 24.3 Å². The molecule has 2 aliphatic rings. The van der Waals surface area contributed by atoms with Crippen molar-refractivity contribution in [2.45, 2.75) is 25.4 Å². The molecular weight excluding hydrogens is 233 g/mol. The fraction of sp³-hybridized carbons (Fsp3) is 0.571. The Labute approximate surface area is 106 Å². The summed E-state index contributed by atoms with van der Waals surface area (Å²) < 4.78 is 24.8. The predicted molar refractivity (Wildman–Crippen MR) is 66.5 cm³/mol. The zero-order valence-corrected chi connectivity index (χ0v) is 10.4. The fourth-order valence-corrected chi connectivity index (χ4v) is 2.67. The Morgan fingerprint density at radius 3 is 3.17 bits per heavy atom. The second-order valence-corrected chi connectivity index (χ2v) is 4.90. The molecule has 1 unspecified atom stereocenters. The number of hydrogen-bond donors (Lipinski definition) is 1. The Morgan fingerprint density at radius 1 is 1.39 bits per heavy atom. The largest absolute Gasteiger partial charge is 0.490 e. The van der Waals surface area contributed by atoms with E-state index in [0.717, 1.165) is 44.5 Å². The van der Waals surface area contributed by atoms with Gasteiger partial charge in [-0.2, -0.15) is 0 Å². The van der Waals surface area contributed by atoms with E-state index in [9.17, 15) is 4.39 Å². The molecule has 98 valence electrons. The van der Waals surface area contributed by atoms with Gasteiger partial charge in [0.05, 0.1) is 6.61 Å². The lowest BCUT2D eigenvalue weighted by Gasteiger charge is -2.24. The van der Waals surface area contributed by atoms with Crippen LogP contribution in [0.1, 0.15) is 17.5 Å². The number of aryl methyl sites for hydroxylation is 1. The minimum Gasteiger partial charge on any atom is -0.490 e. The first-order chi connectivity index (χ1) is 8.83. The number of morpholine rings is 1. The highest BCUT2D eigenvalue weighted by molar-refractivity contribution is 5.43. The highest BCUT2D eigenvalue weighted by atomic mass is 19.1. The molecule has 1 aliphatic carbocycles. The summed E-state index contributed by atoms with van der Waals surface area (Å²) >= 11 is 0. The fourth-order valence-electron chi connectivity index (χ4n) is 2.67. The van der Waals surface area contributed by atoms with Crippen LogP contribution < -0.4 is 10.1 Å². The number of nitrogens with one attached hydrogen (secondary N) is 1. The van der Waals surface area contributed by atoms with Gasteiger partial charge in [0.2, 0.25) is 0 Å². The molecule has 0 aromatic heterocycles. The Hall–Kier alpha value is -1.13. The topological polar surface area (TPSA) is 30.5 Å². The number of benzene rings is 1. The quantitative estimate of drug-likeness (QED) is 0.886. The SMILES string of the molecule is Fc1cc2c(c(OCC3CNCCO3)c1)CCC2. The second-order valence-electron chi connectivity index (χ2n) is 4.90. The molecule has 3 nitrogen and oxygen atoms in total. The van der Waals surface area contributed by atoms with E-state index in [1.54, 1.807) is 6.07 Å². The highest BCUT2D eigenvalue weighted by Gasteiger charge is 2.19. The van der Waals surface area contributed by atoms with Crippen LogP contribution in [0.15, 0.2) is 12.1 Å². The molecular formula is C14H18FNO2. The van der Waals surface area contributed by atoms with Crippen LogP contribution in [-0.4, -0.2) is 32.4 Å². The van der Waals surface area contributed by atoms with E-state index in [0.29, 0.717) is 12.4 Å². The average molecular weight is 251 g/mol. The van der Waals surface area contributed by atoms with Crippen molar-refractivity contribution in [1.29, 1.82) is 0 Å². The summed E-state index contributed by atoms with van der Waals surface area (Å²) in [5.74, 6) is 0.505. The summed E-state index contributed by atoms with van der Waals surface area (Å²) in [5.41, 5.74) is 2.29. The van der Waals surface area contributed by atoms with Crippen LogP contribution in [0, 0.1) is 5.82 Å². The average Bonchev–Trinajstić information content (AvgIpc) is 2.85. The van der Waals surface area contributed by atoms with Crippen molar-refractivity contribution in [3.05, 3.63) is 29.1 Å². The molecule has 1 aliphatic heterocycles. The van der Waals surface area contributed by atoms with Crippen molar-refractivity contribution in [2.24, 2.45) is 0 Å². The van der Waals surface area contributed by atoms with Gasteiger partial charge in [-0.15, -0.1) is 0 Å². The lowest BCUT2D eigenvalue weighted by atomic mass is 10.1. The van der Waals surface area contributed by atoms with E-state index in [1.165, 1.54) is 11.6 Å².